The molecule has 4 aromatic carbocycles. The lowest BCUT2D eigenvalue weighted by molar-refractivity contribution is 0.482. The fourth-order valence-corrected chi connectivity index (χ4v) is 6.22. The van der Waals surface area contributed by atoms with E-state index in [1.807, 2.05) is 30.5 Å². The van der Waals surface area contributed by atoms with Crippen LogP contribution in [0.15, 0.2) is 115 Å². The predicted octanol–water partition coefficient (Wildman–Crippen LogP) is 9.99. The second-order valence-corrected chi connectivity index (χ2v) is 12.4. The largest absolute Gasteiger partial charge is 0.457 e. The first kappa shape index (κ1) is 27.7. The van der Waals surface area contributed by atoms with Gasteiger partial charge in [0.15, 0.2) is 0 Å². The molecule has 0 bridgehead atoms. The zero-order chi connectivity index (χ0) is 30.4. The van der Waals surface area contributed by atoms with Crippen molar-refractivity contribution in [1.82, 2.24) is 19.3 Å². The Morgan fingerprint density at radius 2 is 1.48 bits per heavy atom. The van der Waals surface area contributed by atoms with Crippen LogP contribution in [0.1, 0.15) is 44.6 Å². The maximum Gasteiger partial charge on any atom is 0.137 e. The van der Waals surface area contributed by atoms with E-state index in [1.54, 1.807) is 0 Å². The van der Waals surface area contributed by atoms with Crippen molar-refractivity contribution >= 4 is 21.8 Å². The van der Waals surface area contributed by atoms with Crippen molar-refractivity contribution in [3.05, 3.63) is 132 Å². The lowest BCUT2D eigenvalue weighted by Gasteiger charge is -2.23. The summed E-state index contributed by atoms with van der Waals surface area (Å²) in [5.41, 5.74) is 8.88. The van der Waals surface area contributed by atoms with Gasteiger partial charge in [0, 0.05) is 40.1 Å². The lowest BCUT2D eigenvalue weighted by atomic mass is 9.85. The van der Waals surface area contributed by atoms with E-state index in [9.17, 15) is 0 Å². The molecule has 0 amide bonds. The van der Waals surface area contributed by atoms with Crippen LogP contribution in [0.3, 0.4) is 0 Å². The maximum atomic E-state index is 6.56. The summed E-state index contributed by atoms with van der Waals surface area (Å²) in [6, 6.07) is 37.8. The molecular weight excluding hydrogens is 540 g/mol. The minimum Gasteiger partial charge on any atom is -0.457 e. The molecule has 0 radical (unpaired) electrons. The van der Waals surface area contributed by atoms with Crippen molar-refractivity contribution < 1.29 is 4.74 Å². The van der Waals surface area contributed by atoms with E-state index < -0.39 is 0 Å². The minimum atomic E-state index is -0.134. The molecule has 0 fully saturated rings. The first-order valence-electron chi connectivity index (χ1n) is 15.2. The number of hydrogen-bond acceptors (Lipinski definition) is 3. The quantitative estimate of drug-likeness (QED) is 0.198. The van der Waals surface area contributed by atoms with E-state index in [2.05, 4.69) is 129 Å². The van der Waals surface area contributed by atoms with Crippen molar-refractivity contribution in [3.63, 3.8) is 0 Å². The summed E-state index contributed by atoms with van der Waals surface area (Å²) < 4.78 is 10.9. The standard InChI is InChI=1S/C39H36N4O/c1-6-33-37(27-13-8-7-9-14-27)38(39(3,4)5)43(41-33)28-15-12-16-29(24-28)44-30-19-20-32-31-17-10-11-18-34(31)42(35(32)25-30)36-23-26(2)21-22-40-36/h7-25H,6H2,1-5H3. The summed E-state index contributed by atoms with van der Waals surface area (Å²) in [5.74, 6) is 2.42. The average Bonchev–Trinajstić information content (AvgIpc) is 3.58. The van der Waals surface area contributed by atoms with Gasteiger partial charge in [-0.15, -0.1) is 0 Å². The van der Waals surface area contributed by atoms with Crippen LogP contribution >= 0.6 is 0 Å². The molecule has 3 aromatic heterocycles. The van der Waals surface area contributed by atoms with E-state index in [1.165, 1.54) is 27.8 Å². The van der Waals surface area contributed by atoms with Crippen LogP contribution in [0.4, 0.5) is 0 Å². The van der Waals surface area contributed by atoms with Gasteiger partial charge in [-0.1, -0.05) is 82.3 Å². The molecule has 5 heteroatoms. The normalized spacial score (nSPS) is 11.8. The Labute approximate surface area is 258 Å². The number of hydrogen-bond donors (Lipinski definition) is 0. The molecule has 0 aliphatic rings. The molecule has 0 aliphatic heterocycles. The fraction of sp³-hybridized carbons (Fsp3) is 0.179. The van der Waals surface area contributed by atoms with E-state index in [0.717, 1.165) is 51.5 Å². The Morgan fingerprint density at radius 1 is 0.727 bits per heavy atom. The third-order valence-corrected chi connectivity index (χ3v) is 8.14. The zero-order valence-electron chi connectivity index (χ0n) is 25.9. The molecule has 3 heterocycles. The molecule has 7 aromatic rings. The van der Waals surface area contributed by atoms with Crippen LogP contribution in [-0.2, 0) is 11.8 Å². The molecule has 0 atom stereocenters. The summed E-state index contributed by atoms with van der Waals surface area (Å²) in [6.45, 7) is 11.0. The third-order valence-electron chi connectivity index (χ3n) is 8.14. The van der Waals surface area contributed by atoms with Crippen LogP contribution in [0.25, 0.3) is 44.4 Å². The molecule has 5 nitrogen and oxygen atoms in total. The van der Waals surface area contributed by atoms with Gasteiger partial charge in [0.05, 0.1) is 28.1 Å². The predicted molar refractivity (Wildman–Crippen MR) is 180 cm³/mol. The molecule has 0 aliphatic carbocycles. The number of aromatic nitrogens is 4. The Bertz CT molecular complexity index is 2130. The molecule has 0 N–H and O–H groups in total. The highest BCUT2D eigenvalue weighted by Crippen LogP contribution is 2.39. The number of ether oxygens (including phenoxy) is 1. The third kappa shape index (κ3) is 4.84. The molecule has 0 saturated carbocycles. The smallest absolute Gasteiger partial charge is 0.137 e. The number of aryl methyl sites for hydroxylation is 2. The lowest BCUT2D eigenvalue weighted by Crippen LogP contribution is -2.18. The van der Waals surface area contributed by atoms with Crippen molar-refractivity contribution in [2.24, 2.45) is 0 Å². The number of rotatable bonds is 6. The van der Waals surface area contributed by atoms with Gasteiger partial charge in [0.25, 0.3) is 0 Å². The SMILES string of the molecule is CCc1nn(-c2cccc(Oc3ccc4c5ccccc5n(-c5cc(C)ccn5)c4c3)c2)c(C(C)(C)C)c1-c1ccccc1. The zero-order valence-corrected chi connectivity index (χ0v) is 25.9. The molecule has 0 saturated heterocycles. The van der Waals surface area contributed by atoms with E-state index in [0.29, 0.717) is 0 Å². The summed E-state index contributed by atoms with van der Waals surface area (Å²) in [7, 11) is 0. The van der Waals surface area contributed by atoms with Crippen LogP contribution in [0, 0.1) is 6.92 Å². The fourth-order valence-electron chi connectivity index (χ4n) is 6.22. The summed E-state index contributed by atoms with van der Waals surface area (Å²) in [4.78, 5) is 4.72. The van der Waals surface area contributed by atoms with Gasteiger partial charge in [0.1, 0.15) is 17.3 Å². The Morgan fingerprint density at radius 3 is 2.25 bits per heavy atom. The average molecular weight is 577 g/mol. The Hall–Kier alpha value is -5.16. The summed E-state index contributed by atoms with van der Waals surface area (Å²) in [6.07, 6.45) is 2.71. The molecular formula is C39H36N4O. The van der Waals surface area contributed by atoms with Gasteiger partial charge >= 0.3 is 0 Å². The number of nitrogens with zero attached hydrogens (tertiary/aromatic N) is 4. The number of fused-ring (bicyclic) bond motifs is 3. The van der Waals surface area contributed by atoms with Crippen molar-refractivity contribution in [3.8, 4) is 34.1 Å². The second-order valence-electron chi connectivity index (χ2n) is 12.4. The van der Waals surface area contributed by atoms with Crippen molar-refractivity contribution in [2.45, 2.75) is 46.5 Å². The molecule has 0 spiro atoms. The molecule has 218 valence electrons. The number of para-hydroxylation sites is 1. The first-order valence-corrected chi connectivity index (χ1v) is 15.2. The highest BCUT2D eigenvalue weighted by atomic mass is 16.5. The number of benzene rings is 4. The van der Waals surface area contributed by atoms with Gasteiger partial charge in [-0.3, -0.25) is 4.57 Å². The first-order chi connectivity index (χ1) is 21.3. The Balaban J connectivity index is 1.32. The number of pyridine rings is 1. The van der Waals surface area contributed by atoms with Gasteiger partial charge in [-0.2, -0.15) is 5.10 Å². The highest BCUT2D eigenvalue weighted by Gasteiger charge is 2.28. The Kier molecular flexibility index (Phi) is 6.81. The van der Waals surface area contributed by atoms with Gasteiger partial charge < -0.3 is 4.74 Å². The minimum absolute atomic E-state index is 0.134. The van der Waals surface area contributed by atoms with Gasteiger partial charge in [-0.05, 0) is 66.9 Å². The van der Waals surface area contributed by atoms with Crippen LogP contribution < -0.4 is 4.74 Å². The summed E-state index contributed by atoms with van der Waals surface area (Å²) in [5, 5.41) is 7.51. The van der Waals surface area contributed by atoms with Crippen LogP contribution in [0.5, 0.6) is 11.5 Å². The second kappa shape index (κ2) is 10.8. The molecule has 44 heavy (non-hydrogen) atoms. The van der Waals surface area contributed by atoms with E-state index >= 15 is 0 Å². The molecule has 7 rings (SSSR count). The topological polar surface area (TPSA) is 44.9 Å². The van der Waals surface area contributed by atoms with Gasteiger partial charge in [-0.25, -0.2) is 9.67 Å². The van der Waals surface area contributed by atoms with Crippen LogP contribution in [-0.4, -0.2) is 19.3 Å². The van der Waals surface area contributed by atoms with E-state index in [4.69, 9.17) is 14.8 Å². The van der Waals surface area contributed by atoms with E-state index in [-0.39, 0.29) is 5.41 Å². The summed E-state index contributed by atoms with van der Waals surface area (Å²) >= 11 is 0. The maximum absolute atomic E-state index is 6.56. The monoisotopic (exact) mass is 576 g/mol. The van der Waals surface area contributed by atoms with Gasteiger partial charge in [0.2, 0.25) is 0 Å². The van der Waals surface area contributed by atoms with Crippen molar-refractivity contribution in [1.29, 1.82) is 0 Å². The highest BCUT2D eigenvalue weighted by molar-refractivity contribution is 6.09. The van der Waals surface area contributed by atoms with Crippen LogP contribution in [0.2, 0.25) is 0 Å². The molecule has 0 unspecified atom stereocenters. The van der Waals surface area contributed by atoms with Crippen molar-refractivity contribution in [2.75, 3.05) is 0 Å².